The second kappa shape index (κ2) is 12.7. The van der Waals surface area contributed by atoms with Crippen LogP contribution >= 0.6 is 23.2 Å². The second-order valence-electron chi connectivity index (χ2n) is 8.98. The molecule has 2 amide bonds. The molecule has 0 saturated carbocycles. The number of nitrogens with zero attached hydrogens (tertiary/aromatic N) is 2. The molecule has 0 aliphatic heterocycles. The summed E-state index contributed by atoms with van der Waals surface area (Å²) in [4.78, 5) is 28.0. The summed E-state index contributed by atoms with van der Waals surface area (Å²) in [6.45, 7) is 7.10. The van der Waals surface area contributed by atoms with Crippen LogP contribution in [0.15, 0.2) is 71.6 Å². The summed E-state index contributed by atoms with van der Waals surface area (Å²) in [5.74, 6) is -0.919. The maximum atomic E-state index is 13.8. The number of benzene rings is 3. The fraction of sp³-hybridized carbons (Fsp3) is 0.286. The lowest BCUT2D eigenvalue weighted by molar-refractivity contribution is -0.139. The molecule has 0 spiro atoms. The van der Waals surface area contributed by atoms with Gasteiger partial charge < -0.3 is 10.2 Å². The summed E-state index contributed by atoms with van der Waals surface area (Å²) in [6, 6.07) is 17.6. The third-order valence-electron chi connectivity index (χ3n) is 6.08. The molecule has 0 radical (unpaired) electrons. The summed E-state index contributed by atoms with van der Waals surface area (Å²) in [5, 5.41) is 2.88. The van der Waals surface area contributed by atoms with Gasteiger partial charge >= 0.3 is 0 Å². The van der Waals surface area contributed by atoms with E-state index in [2.05, 4.69) is 5.32 Å². The molecule has 0 aromatic heterocycles. The lowest BCUT2D eigenvalue weighted by Crippen LogP contribution is -2.51. The molecule has 38 heavy (non-hydrogen) atoms. The Labute approximate surface area is 234 Å². The molecule has 0 aliphatic rings. The zero-order valence-corrected chi connectivity index (χ0v) is 24.1. The van der Waals surface area contributed by atoms with E-state index < -0.39 is 28.5 Å². The van der Waals surface area contributed by atoms with Crippen molar-refractivity contribution in [2.45, 2.75) is 45.2 Å². The highest BCUT2D eigenvalue weighted by Crippen LogP contribution is 2.35. The first-order valence-corrected chi connectivity index (χ1v) is 14.3. The highest BCUT2D eigenvalue weighted by atomic mass is 35.5. The van der Waals surface area contributed by atoms with Crippen LogP contribution in [0, 0.1) is 13.8 Å². The molecule has 0 unspecified atom stereocenters. The first-order chi connectivity index (χ1) is 17.9. The number of aryl methyl sites for hydroxylation is 2. The highest BCUT2D eigenvalue weighted by molar-refractivity contribution is 7.92. The Morgan fingerprint density at radius 1 is 0.921 bits per heavy atom. The average molecular weight is 577 g/mol. The molecule has 0 fully saturated rings. The number of hydrogen-bond donors (Lipinski definition) is 1. The van der Waals surface area contributed by atoms with Gasteiger partial charge in [-0.05, 0) is 57.5 Å². The van der Waals surface area contributed by atoms with E-state index in [-0.39, 0.29) is 33.1 Å². The largest absolute Gasteiger partial charge is 0.355 e. The third kappa shape index (κ3) is 6.87. The van der Waals surface area contributed by atoms with Crippen LogP contribution in [-0.2, 0) is 26.2 Å². The summed E-state index contributed by atoms with van der Waals surface area (Å²) in [6.07, 6.45) is 0. The van der Waals surface area contributed by atoms with E-state index in [0.717, 1.165) is 21.0 Å². The van der Waals surface area contributed by atoms with Crippen molar-refractivity contribution in [2.75, 3.05) is 17.4 Å². The van der Waals surface area contributed by atoms with Gasteiger partial charge in [0.1, 0.15) is 12.6 Å². The van der Waals surface area contributed by atoms with Crippen molar-refractivity contribution in [3.63, 3.8) is 0 Å². The number of sulfonamides is 1. The fourth-order valence-electron chi connectivity index (χ4n) is 3.83. The molecule has 202 valence electrons. The molecular weight excluding hydrogens is 545 g/mol. The Kier molecular flexibility index (Phi) is 9.82. The van der Waals surface area contributed by atoms with Gasteiger partial charge in [0.25, 0.3) is 10.0 Å². The molecule has 0 heterocycles. The summed E-state index contributed by atoms with van der Waals surface area (Å²) < 4.78 is 28.6. The molecule has 10 heteroatoms. The van der Waals surface area contributed by atoms with E-state index in [1.54, 1.807) is 32.0 Å². The minimum Gasteiger partial charge on any atom is -0.355 e. The molecule has 0 aliphatic carbocycles. The number of anilines is 1. The smallest absolute Gasteiger partial charge is 0.264 e. The van der Waals surface area contributed by atoms with Crippen LogP contribution in [0.4, 0.5) is 5.69 Å². The van der Waals surface area contributed by atoms with Gasteiger partial charge in [0, 0.05) is 13.1 Å². The first-order valence-electron chi connectivity index (χ1n) is 12.1. The normalized spacial score (nSPS) is 12.1. The van der Waals surface area contributed by atoms with Crippen molar-refractivity contribution in [2.24, 2.45) is 0 Å². The van der Waals surface area contributed by atoms with Crippen LogP contribution in [0.2, 0.25) is 10.0 Å². The van der Waals surface area contributed by atoms with Crippen LogP contribution < -0.4 is 9.62 Å². The molecule has 1 N–H and O–H groups in total. The Morgan fingerprint density at radius 2 is 1.50 bits per heavy atom. The first kappa shape index (κ1) is 29.5. The van der Waals surface area contributed by atoms with Crippen LogP contribution in [0.1, 0.15) is 30.5 Å². The van der Waals surface area contributed by atoms with Crippen molar-refractivity contribution in [1.82, 2.24) is 10.2 Å². The van der Waals surface area contributed by atoms with Crippen molar-refractivity contribution >= 4 is 50.7 Å². The Morgan fingerprint density at radius 3 is 2.08 bits per heavy atom. The lowest BCUT2D eigenvalue weighted by atomic mass is 10.1. The molecular formula is C28H31Cl2N3O4S. The number of rotatable bonds is 10. The maximum Gasteiger partial charge on any atom is 0.264 e. The van der Waals surface area contributed by atoms with E-state index in [1.807, 2.05) is 38.1 Å². The molecule has 0 bridgehead atoms. The maximum absolute atomic E-state index is 13.8. The van der Waals surface area contributed by atoms with Crippen LogP contribution in [0.3, 0.4) is 0 Å². The number of carbonyl (C=O) groups excluding carboxylic acids is 2. The SMILES string of the molecule is CCNC(=O)[C@@H](C)N(Cc1ccc(C)cc1)C(=O)CN(c1cccc(Cl)c1Cl)S(=O)(=O)c1ccc(C)cc1. The standard InChI is InChI=1S/C28H31Cl2N3O4S/c1-5-31-28(35)21(4)32(17-22-13-9-19(2)10-14-22)26(34)18-33(25-8-6-7-24(29)27(25)30)38(36,37)23-15-11-20(3)12-16-23/h6-16,21H,5,17-18H2,1-4H3,(H,31,35)/t21-/m1/s1. The van der Waals surface area contributed by atoms with Gasteiger partial charge in [-0.1, -0.05) is 76.8 Å². The van der Waals surface area contributed by atoms with E-state index in [0.29, 0.717) is 6.54 Å². The van der Waals surface area contributed by atoms with Gasteiger partial charge in [0.05, 0.1) is 20.6 Å². The van der Waals surface area contributed by atoms with Crippen molar-refractivity contribution < 1.29 is 18.0 Å². The summed E-state index contributed by atoms with van der Waals surface area (Å²) in [7, 11) is -4.23. The Bertz CT molecular complexity index is 1390. The molecule has 3 aromatic carbocycles. The summed E-state index contributed by atoms with van der Waals surface area (Å²) >= 11 is 12.7. The van der Waals surface area contributed by atoms with Crippen LogP contribution in [0.25, 0.3) is 0 Å². The minimum atomic E-state index is -4.23. The predicted molar refractivity (Wildman–Crippen MR) is 152 cm³/mol. The van der Waals surface area contributed by atoms with Gasteiger partial charge in [-0.25, -0.2) is 8.42 Å². The number of amides is 2. The average Bonchev–Trinajstić information content (AvgIpc) is 2.88. The highest BCUT2D eigenvalue weighted by Gasteiger charge is 2.33. The van der Waals surface area contributed by atoms with Gasteiger partial charge in [-0.3, -0.25) is 13.9 Å². The van der Waals surface area contributed by atoms with Crippen molar-refractivity contribution in [3.05, 3.63) is 93.5 Å². The quantitative estimate of drug-likeness (QED) is 0.352. The zero-order valence-electron chi connectivity index (χ0n) is 21.7. The molecule has 1 atom stereocenters. The summed E-state index contributed by atoms with van der Waals surface area (Å²) in [5.41, 5.74) is 2.80. The second-order valence-corrected chi connectivity index (χ2v) is 11.6. The molecule has 7 nitrogen and oxygen atoms in total. The van der Waals surface area contributed by atoms with Crippen LogP contribution in [0.5, 0.6) is 0 Å². The number of nitrogens with one attached hydrogen (secondary N) is 1. The molecule has 3 rings (SSSR count). The van der Waals surface area contributed by atoms with E-state index in [4.69, 9.17) is 23.2 Å². The number of halogens is 2. The van der Waals surface area contributed by atoms with Gasteiger partial charge in [0.2, 0.25) is 11.8 Å². The topological polar surface area (TPSA) is 86.8 Å². The van der Waals surface area contributed by atoms with Crippen LogP contribution in [-0.4, -0.2) is 44.3 Å². The lowest BCUT2D eigenvalue weighted by Gasteiger charge is -2.32. The third-order valence-corrected chi connectivity index (χ3v) is 8.66. The number of likely N-dealkylation sites (N-methyl/N-ethyl adjacent to an activating group) is 1. The molecule has 0 saturated heterocycles. The molecule has 3 aromatic rings. The van der Waals surface area contributed by atoms with Gasteiger partial charge in [-0.2, -0.15) is 0 Å². The predicted octanol–water partition coefficient (Wildman–Crippen LogP) is 5.36. The zero-order chi connectivity index (χ0) is 28.0. The minimum absolute atomic E-state index is 0.000451. The van der Waals surface area contributed by atoms with E-state index in [1.165, 1.54) is 29.2 Å². The number of carbonyl (C=O) groups is 2. The van der Waals surface area contributed by atoms with E-state index in [9.17, 15) is 18.0 Å². The Hall–Kier alpha value is -3.07. The van der Waals surface area contributed by atoms with Crippen molar-refractivity contribution in [1.29, 1.82) is 0 Å². The number of hydrogen-bond acceptors (Lipinski definition) is 4. The van der Waals surface area contributed by atoms with Gasteiger partial charge in [0.15, 0.2) is 0 Å². The van der Waals surface area contributed by atoms with Crippen molar-refractivity contribution in [3.8, 4) is 0 Å². The van der Waals surface area contributed by atoms with Gasteiger partial charge in [-0.15, -0.1) is 0 Å². The fourth-order valence-corrected chi connectivity index (χ4v) is 5.70. The Balaban J connectivity index is 2.07. The monoisotopic (exact) mass is 575 g/mol. The van der Waals surface area contributed by atoms with E-state index >= 15 is 0 Å².